The molecule has 0 radical (unpaired) electrons. The molecule has 3 unspecified atom stereocenters. The van der Waals surface area contributed by atoms with E-state index in [1.54, 1.807) is 7.11 Å². The van der Waals surface area contributed by atoms with Crippen LogP contribution in [0.5, 0.6) is 0 Å². The van der Waals surface area contributed by atoms with Crippen LogP contribution in [0, 0.1) is 11.8 Å². The molecule has 4 fully saturated rings. The molecule has 0 aromatic rings. The minimum absolute atomic E-state index is 0.0648. The van der Waals surface area contributed by atoms with Crippen molar-refractivity contribution >= 4 is 0 Å². The van der Waals surface area contributed by atoms with Crippen molar-refractivity contribution in [3.63, 3.8) is 0 Å². The lowest BCUT2D eigenvalue weighted by Gasteiger charge is -2.52. The van der Waals surface area contributed by atoms with Crippen LogP contribution in [0.4, 0.5) is 0 Å². The molecule has 84 valence electrons. The van der Waals surface area contributed by atoms with Gasteiger partial charge >= 0.3 is 0 Å². The number of methoxy groups -OCH3 is 1. The van der Waals surface area contributed by atoms with Gasteiger partial charge in [-0.05, 0) is 24.8 Å². The number of fused-ring (bicyclic) bond motifs is 1. The minimum atomic E-state index is -0.532. The van der Waals surface area contributed by atoms with Crippen LogP contribution in [0.1, 0.15) is 13.3 Å². The number of rotatable bonds is 1. The summed E-state index contributed by atoms with van der Waals surface area (Å²) in [7, 11) is 1.63. The molecule has 0 aromatic carbocycles. The van der Waals surface area contributed by atoms with E-state index in [4.69, 9.17) is 14.2 Å². The quantitative estimate of drug-likeness (QED) is 0.649. The number of hydrogen-bond acceptors (Lipinski definition) is 4. The Labute approximate surface area is 88.8 Å². The molecule has 1 N–H and O–H groups in total. The van der Waals surface area contributed by atoms with E-state index in [1.807, 2.05) is 6.92 Å². The van der Waals surface area contributed by atoms with E-state index < -0.39 is 18.0 Å². The third-order valence-corrected chi connectivity index (χ3v) is 4.16. The normalized spacial score (nSPS) is 57.5. The molecule has 1 aliphatic carbocycles. The van der Waals surface area contributed by atoms with Crippen molar-refractivity contribution in [2.45, 2.75) is 37.6 Å². The average molecular weight is 212 g/mol. The molecule has 1 saturated carbocycles. The molecule has 3 heterocycles. The summed E-state index contributed by atoms with van der Waals surface area (Å²) in [6.07, 6.45) is -0.427. The Morgan fingerprint density at radius 2 is 2.33 bits per heavy atom. The minimum Gasteiger partial charge on any atom is -0.390 e. The fourth-order valence-corrected chi connectivity index (χ4v) is 3.25. The van der Waals surface area contributed by atoms with Crippen molar-refractivity contribution in [3.8, 4) is 0 Å². The van der Waals surface area contributed by atoms with Gasteiger partial charge < -0.3 is 19.3 Å². The third kappa shape index (κ3) is 1.00. The molecule has 4 heteroatoms. The van der Waals surface area contributed by atoms with Crippen LogP contribution in [-0.2, 0) is 14.2 Å². The predicted octanol–water partition coefficient (Wildman–Crippen LogP) is 0.657. The van der Waals surface area contributed by atoms with Crippen LogP contribution in [0.15, 0.2) is 12.2 Å². The molecule has 4 bridgehead atoms. The van der Waals surface area contributed by atoms with E-state index in [0.29, 0.717) is 6.42 Å². The van der Waals surface area contributed by atoms with Crippen molar-refractivity contribution < 1.29 is 19.3 Å². The third-order valence-electron chi connectivity index (χ3n) is 4.16. The molecule has 3 saturated heterocycles. The first-order chi connectivity index (χ1) is 7.08. The van der Waals surface area contributed by atoms with Crippen molar-refractivity contribution in [1.29, 1.82) is 0 Å². The van der Waals surface area contributed by atoms with E-state index in [1.165, 1.54) is 0 Å². The fourth-order valence-electron chi connectivity index (χ4n) is 3.25. The Morgan fingerprint density at radius 3 is 3.00 bits per heavy atom. The second kappa shape index (κ2) is 2.83. The second-order valence-electron chi connectivity index (χ2n) is 4.83. The van der Waals surface area contributed by atoms with Crippen molar-refractivity contribution in [2.24, 2.45) is 11.8 Å². The van der Waals surface area contributed by atoms with E-state index in [-0.39, 0.29) is 18.1 Å². The van der Waals surface area contributed by atoms with Crippen LogP contribution < -0.4 is 0 Å². The summed E-state index contributed by atoms with van der Waals surface area (Å²) in [4.78, 5) is 0. The maximum absolute atomic E-state index is 10.0. The standard InChI is InChI=1S/C11H16O4/c1-5-6-4-7(12)11(2)8(6)10(13-3)14-9(5)15-11/h6-10,12H,1,4H2,2-3H3/t6-,7?,8+,9?,10?,11-/m1/s1. The van der Waals surface area contributed by atoms with E-state index >= 15 is 0 Å². The van der Waals surface area contributed by atoms with Gasteiger partial charge in [0.1, 0.15) is 5.60 Å². The highest BCUT2D eigenvalue weighted by molar-refractivity contribution is 5.23. The number of aliphatic hydroxyl groups excluding tert-OH is 1. The predicted molar refractivity (Wildman–Crippen MR) is 51.9 cm³/mol. The Kier molecular flexibility index (Phi) is 1.84. The molecule has 0 amide bonds. The Morgan fingerprint density at radius 1 is 1.60 bits per heavy atom. The summed E-state index contributed by atoms with van der Waals surface area (Å²) in [5, 5.41) is 10.0. The van der Waals surface area contributed by atoms with Gasteiger partial charge in [0.2, 0.25) is 0 Å². The van der Waals surface area contributed by atoms with Gasteiger partial charge in [-0.15, -0.1) is 0 Å². The summed E-state index contributed by atoms with van der Waals surface area (Å²) in [5.74, 6) is 0.331. The van der Waals surface area contributed by atoms with Crippen LogP contribution in [0.3, 0.4) is 0 Å². The van der Waals surface area contributed by atoms with Gasteiger partial charge in [0, 0.05) is 13.0 Å². The Bertz CT molecular complexity index is 316. The SMILES string of the molecule is C=C1C2OC(OC)[C@@H]3[C@@H]1CC(O)[C@@]3(C)O2. The second-order valence-corrected chi connectivity index (χ2v) is 4.83. The lowest BCUT2D eigenvalue weighted by Crippen LogP contribution is -2.61. The summed E-state index contributed by atoms with van der Waals surface area (Å²) < 4.78 is 16.7. The Balaban J connectivity index is 2.04. The largest absolute Gasteiger partial charge is 0.390 e. The van der Waals surface area contributed by atoms with E-state index in [9.17, 15) is 5.11 Å². The molecule has 4 nitrogen and oxygen atoms in total. The van der Waals surface area contributed by atoms with Gasteiger partial charge in [-0.25, -0.2) is 0 Å². The zero-order valence-electron chi connectivity index (χ0n) is 8.97. The lowest BCUT2D eigenvalue weighted by molar-refractivity contribution is -0.369. The maximum atomic E-state index is 10.0. The monoisotopic (exact) mass is 212 g/mol. The molecule has 6 atom stereocenters. The first-order valence-corrected chi connectivity index (χ1v) is 5.30. The van der Waals surface area contributed by atoms with Gasteiger partial charge in [-0.1, -0.05) is 6.58 Å². The van der Waals surface area contributed by atoms with Gasteiger partial charge in [0.25, 0.3) is 0 Å². The highest BCUT2D eigenvalue weighted by atomic mass is 16.8. The van der Waals surface area contributed by atoms with Crippen LogP contribution in [0.25, 0.3) is 0 Å². The zero-order valence-corrected chi connectivity index (χ0v) is 8.97. The summed E-state index contributed by atoms with van der Waals surface area (Å²) >= 11 is 0. The number of ether oxygens (including phenoxy) is 3. The summed E-state index contributed by atoms with van der Waals surface area (Å²) in [6, 6.07) is 0. The molecule has 4 aliphatic rings. The average Bonchev–Trinajstić information content (AvgIpc) is 2.44. The molecular weight excluding hydrogens is 196 g/mol. The summed E-state index contributed by atoms with van der Waals surface area (Å²) in [6.45, 7) is 5.93. The van der Waals surface area contributed by atoms with Crippen LogP contribution in [0.2, 0.25) is 0 Å². The number of hydrogen-bond donors (Lipinski definition) is 1. The molecule has 0 aromatic heterocycles. The van der Waals surface area contributed by atoms with Gasteiger partial charge in [0.05, 0.1) is 6.10 Å². The maximum Gasteiger partial charge on any atom is 0.183 e. The molecule has 0 spiro atoms. The van der Waals surface area contributed by atoms with Crippen molar-refractivity contribution in [2.75, 3.05) is 7.11 Å². The van der Waals surface area contributed by atoms with Gasteiger partial charge in [-0.3, -0.25) is 0 Å². The smallest absolute Gasteiger partial charge is 0.183 e. The topological polar surface area (TPSA) is 47.9 Å². The van der Waals surface area contributed by atoms with E-state index in [0.717, 1.165) is 5.57 Å². The zero-order chi connectivity index (χ0) is 10.8. The highest BCUT2D eigenvalue weighted by Crippen LogP contribution is 2.57. The first-order valence-electron chi connectivity index (χ1n) is 5.30. The van der Waals surface area contributed by atoms with Crippen molar-refractivity contribution in [1.82, 2.24) is 0 Å². The number of aliphatic hydroxyl groups is 1. The van der Waals surface area contributed by atoms with Crippen LogP contribution in [-0.4, -0.2) is 36.5 Å². The summed E-state index contributed by atoms with van der Waals surface area (Å²) in [5.41, 5.74) is 0.414. The van der Waals surface area contributed by atoms with Gasteiger partial charge in [0.15, 0.2) is 12.6 Å². The lowest BCUT2D eigenvalue weighted by atomic mass is 9.77. The fraction of sp³-hybridized carbons (Fsp3) is 0.818. The molecule has 4 rings (SSSR count). The van der Waals surface area contributed by atoms with Crippen molar-refractivity contribution in [3.05, 3.63) is 12.2 Å². The van der Waals surface area contributed by atoms with Crippen LogP contribution >= 0.6 is 0 Å². The highest BCUT2D eigenvalue weighted by Gasteiger charge is 2.65. The van der Waals surface area contributed by atoms with E-state index in [2.05, 4.69) is 6.58 Å². The Hall–Kier alpha value is -0.420. The molecule has 3 aliphatic heterocycles. The molecule has 15 heavy (non-hydrogen) atoms. The molecular formula is C11H16O4. The first kappa shape index (κ1) is 9.78. The van der Waals surface area contributed by atoms with Gasteiger partial charge in [-0.2, -0.15) is 0 Å².